The van der Waals surface area contributed by atoms with Crippen LogP contribution in [0.4, 0.5) is 4.79 Å². The monoisotopic (exact) mass is 283 g/mol. The zero-order valence-electron chi connectivity index (χ0n) is 13.1. The second-order valence-electron chi connectivity index (χ2n) is 7.87. The number of aliphatic hydroxyl groups is 1. The molecule has 0 saturated heterocycles. The third-order valence-electron chi connectivity index (χ3n) is 5.13. The van der Waals surface area contributed by atoms with Gasteiger partial charge in [0.25, 0.3) is 0 Å². The molecule has 116 valence electrons. The minimum absolute atomic E-state index is 0.173. The smallest absolute Gasteiger partial charge is 0.407 e. The highest BCUT2D eigenvalue weighted by molar-refractivity contribution is 5.67. The van der Waals surface area contributed by atoms with E-state index < -0.39 is 5.60 Å². The Morgan fingerprint density at radius 3 is 2.20 bits per heavy atom. The third kappa shape index (κ3) is 3.66. The van der Waals surface area contributed by atoms with Crippen molar-refractivity contribution >= 4 is 6.09 Å². The number of aliphatic hydroxyl groups excluding tert-OH is 1. The van der Waals surface area contributed by atoms with E-state index in [0.29, 0.717) is 13.2 Å². The summed E-state index contributed by atoms with van der Waals surface area (Å²) in [5, 5.41) is 12.6. The molecule has 0 aromatic carbocycles. The molecule has 0 spiro atoms. The summed E-state index contributed by atoms with van der Waals surface area (Å²) in [7, 11) is 0. The highest BCUT2D eigenvalue weighted by Crippen LogP contribution is 2.53. The van der Waals surface area contributed by atoms with Crippen LogP contribution < -0.4 is 5.32 Å². The van der Waals surface area contributed by atoms with Crippen molar-refractivity contribution in [2.75, 3.05) is 13.2 Å². The van der Waals surface area contributed by atoms with Crippen molar-refractivity contribution in [1.82, 2.24) is 5.32 Å². The van der Waals surface area contributed by atoms with Crippen molar-refractivity contribution in [2.24, 2.45) is 10.8 Å². The van der Waals surface area contributed by atoms with Gasteiger partial charge in [-0.1, -0.05) is 6.42 Å². The van der Waals surface area contributed by atoms with Crippen molar-refractivity contribution in [2.45, 2.75) is 71.3 Å². The number of nitrogens with one attached hydrogen (secondary N) is 1. The van der Waals surface area contributed by atoms with Crippen molar-refractivity contribution in [3.63, 3.8) is 0 Å². The number of alkyl carbamates (subject to hydrolysis) is 1. The molecule has 3 aliphatic carbocycles. The molecule has 0 heterocycles. The Bertz CT molecular complexity index is 351. The summed E-state index contributed by atoms with van der Waals surface area (Å²) in [5.41, 5.74) is -0.0399. The van der Waals surface area contributed by atoms with Crippen LogP contribution in [0.5, 0.6) is 0 Å². The summed E-state index contributed by atoms with van der Waals surface area (Å²) >= 11 is 0. The molecule has 3 aliphatic rings. The lowest BCUT2D eigenvalue weighted by molar-refractivity contribution is 0.0348. The van der Waals surface area contributed by atoms with Crippen LogP contribution in [0.2, 0.25) is 0 Å². The first kappa shape index (κ1) is 15.6. The highest BCUT2D eigenvalue weighted by Gasteiger charge is 2.45. The van der Waals surface area contributed by atoms with E-state index in [9.17, 15) is 9.90 Å². The van der Waals surface area contributed by atoms with E-state index in [0.717, 1.165) is 44.9 Å². The molecular weight excluding hydrogens is 254 g/mol. The van der Waals surface area contributed by atoms with Crippen LogP contribution in [0.25, 0.3) is 0 Å². The number of fused-ring (bicyclic) bond motifs is 4. The summed E-state index contributed by atoms with van der Waals surface area (Å²) in [6.45, 7) is 6.68. The van der Waals surface area contributed by atoms with Gasteiger partial charge in [-0.3, -0.25) is 0 Å². The van der Waals surface area contributed by atoms with Crippen LogP contribution >= 0.6 is 0 Å². The van der Waals surface area contributed by atoms with E-state index in [1.165, 1.54) is 0 Å². The summed E-state index contributed by atoms with van der Waals surface area (Å²) < 4.78 is 5.31. The minimum Gasteiger partial charge on any atom is -0.444 e. The minimum atomic E-state index is -0.441. The number of ether oxygens (including phenoxy) is 1. The maximum absolute atomic E-state index is 11.8. The Morgan fingerprint density at radius 1 is 1.10 bits per heavy atom. The summed E-state index contributed by atoms with van der Waals surface area (Å²) in [6.07, 6.45) is 7.57. The number of hydrogen-bond acceptors (Lipinski definition) is 3. The number of carbonyl (C=O) groups is 1. The molecule has 3 rings (SSSR count). The fourth-order valence-corrected chi connectivity index (χ4v) is 3.73. The first-order chi connectivity index (χ1) is 9.28. The number of carbonyl (C=O) groups excluding carboxylic acids is 1. The van der Waals surface area contributed by atoms with Gasteiger partial charge >= 0.3 is 6.09 Å². The van der Waals surface area contributed by atoms with Crippen molar-refractivity contribution < 1.29 is 14.6 Å². The molecular formula is C16H29NO3. The quantitative estimate of drug-likeness (QED) is 0.836. The van der Waals surface area contributed by atoms with Gasteiger partial charge in [0.2, 0.25) is 0 Å². The van der Waals surface area contributed by atoms with Crippen LogP contribution in [-0.4, -0.2) is 30.0 Å². The topological polar surface area (TPSA) is 58.6 Å². The lowest BCUT2D eigenvalue weighted by Crippen LogP contribution is -2.42. The van der Waals surface area contributed by atoms with Gasteiger partial charge in [-0.05, 0) is 70.1 Å². The van der Waals surface area contributed by atoms with Crippen LogP contribution in [0, 0.1) is 10.8 Å². The van der Waals surface area contributed by atoms with E-state index >= 15 is 0 Å². The molecule has 1 amide bonds. The predicted octanol–water partition coefficient (Wildman–Crippen LogP) is 3.23. The molecule has 2 N–H and O–H groups in total. The molecule has 2 bridgehead atoms. The van der Waals surface area contributed by atoms with Crippen LogP contribution in [0.1, 0.15) is 65.7 Å². The normalized spacial score (nSPS) is 33.6. The fraction of sp³-hybridized carbons (Fsp3) is 0.938. The fourth-order valence-electron chi connectivity index (χ4n) is 3.73. The molecule has 0 aromatic rings. The van der Waals surface area contributed by atoms with Crippen molar-refractivity contribution in [3.8, 4) is 0 Å². The zero-order chi connectivity index (χ0) is 14.9. The average Bonchev–Trinajstić information content (AvgIpc) is 2.66. The first-order valence-electron chi connectivity index (χ1n) is 7.86. The van der Waals surface area contributed by atoms with E-state index in [2.05, 4.69) is 5.32 Å². The SMILES string of the molecule is CC(C)(C)OC(=O)NCC12CCCC(CO)(CC1)CC2. The van der Waals surface area contributed by atoms with Crippen LogP contribution in [-0.2, 0) is 4.74 Å². The van der Waals surface area contributed by atoms with Gasteiger partial charge in [0, 0.05) is 13.2 Å². The van der Waals surface area contributed by atoms with Gasteiger partial charge < -0.3 is 15.2 Å². The molecule has 3 fully saturated rings. The highest BCUT2D eigenvalue weighted by atomic mass is 16.6. The van der Waals surface area contributed by atoms with Gasteiger partial charge in [0.1, 0.15) is 5.60 Å². The second-order valence-corrected chi connectivity index (χ2v) is 7.87. The molecule has 0 aromatic heterocycles. The van der Waals surface area contributed by atoms with Gasteiger partial charge in [-0.2, -0.15) is 0 Å². The molecule has 4 heteroatoms. The molecule has 3 saturated carbocycles. The summed E-state index contributed by atoms with van der Waals surface area (Å²) in [6, 6.07) is 0. The van der Waals surface area contributed by atoms with E-state index in [1.54, 1.807) is 0 Å². The van der Waals surface area contributed by atoms with E-state index in [-0.39, 0.29) is 16.9 Å². The molecule has 20 heavy (non-hydrogen) atoms. The summed E-state index contributed by atoms with van der Waals surface area (Å²) in [5.74, 6) is 0. The third-order valence-corrected chi connectivity index (χ3v) is 5.13. The number of hydrogen-bond donors (Lipinski definition) is 2. The Labute approximate surface area is 122 Å². The summed E-state index contributed by atoms with van der Waals surface area (Å²) in [4.78, 5) is 11.8. The number of amides is 1. The Kier molecular flexibility index (Phi) is 4.33. The first-order valence-corrected chi connectivity index (χ1v) is 7.86. The molecule has 0 radical (unpaired) electrons. The van der Waals surface area contributed by atoms with Crippen molar-refractivity contribution in [3.05, 3.63) is 0 Å². The molecule has 0 unspecified atom stereocenters. The van der Waals surface area contributed by atoms with Gasteiger partial charge in [0.05, 0.1) is 0 Å². The predicted molar refractivity (Wildman–Crippen MR) is 78.5 cm³/mol. The average molecular weight is 283 g/mol. The second kappa shape index (κ2) is 5.55. The van der Waals surface area contributed by atoms with Gasteiger partial charge in [-0.25, -0.2) is 4.79 Å². The van der Waals surface area contributed by atoms with E-state index in [4.69, 9.17) is 4.74 Å². The van der Waals surface area contributed by atoms with Crippen molar-refractivity contribution in [1.29, 1.82) is 0 Å². The van der Waals surface area contributed by atoms with Gasteiger partial charge in [0.15, 0.2) is 0 Å². The van der Waals surface area contributed by atoms with Crippen LogP contribution in [0.3, 0.4) is 0 Å². The lowest BCUT2D eigenvalue weighted by atomic mass is 9.65. The molecule has 4 nitrogen and oxygen atoms in total. The largest absolute Gasteiger partial charge is 0.444 e. The Hall–Kier alpha value is -0.770. The zero-order valence-corrected chi connectivity index (χ0v) is 13.1. The Morgan fingerprint density at radius 2 is 1.65 bits per heavy atom. The maximum Gasteiger partial charge on any atom is 0.407 e. The molecule has 0 atom stereocenters. The Balaban J connectivity index is 1.89. The van der Waals surface area contributed by atoms with E-state index in [1.807, 2.05) is 20.8 Å². The standard InChI is InChI=1S/C16H29NO3/c1-14(2,3)20-13(19)17-11-15-5-4-6-16(12-18,9-7-15)10-8-15/h18H,4-12H2,1-3H3,(H,17,19). The molecule has 0 aliphatic heterocycles. The number of rotatable bonds is 3. The van der Waals surface area contributed by atoms with Crippen LogP contribution in [0.15, 0.2) is 0 Å². The lowest BCUT2D eigenvalue weighted by Gasteiger charge is -2.42. The van der Waals surface area contributed by atoms with Gasteiger partial charge in [-0.15, -0.1) is 0 Å². The maximum atomic E-state index is 11.8.